The largest absolute Gasteiger partial charge is 0.379 e. The van der Waals surface area contributed by atoms with Crippen molar-refractivity contribution < 1.29 is 4.74 Å². The van der Waals surface area contributed by atoms with Crippen LogP contribution in [0.1, 0.15) is 32.5 Å². The van der Waals surface area contributed by atoms with Crippen LogP contribution in [-0.4, -0.2) is 40.0 Å². The number of hydrogen-bond donors (Lipinski definition) is 1. The first-order valence-electron chi connectivity index (χ1n) is 5.82. The summed E-state index contributed by atoms with van der Waals surface area (Å²) in [5.74, 6) is 0.884. The number of nitrogens with one attached hydrogen (secondary N) is 1. The van der Waals surface area contributed by atoms with Crippen LogP contribution in [0.4, 0.5) is 0 Å². The van der Waals surface area contributed by atoms with E-state index in [1.54, 1.807) is 0 Å². The fraction of sp³-hybridized carbons (Fsp3) is 0.900. The van der Waals surface area contributed by atoms with E-state index in [0.29, 0.717) is 13.2 Å². The minimum Gasteiger partial charge on any atom is -0.379 e. The first kappa shape index (κ1) is 11.5. The van der Waals surface area contributed by atoms with E-state index >= 15 is 0 Å². The lowest BCUT2D eigenvalue weighted by atomic mass is 9.95. The van der Waals surface area contributed by atoms with Crippen molar-refractivity contribution in [3.05, 3.63) is 5.82 Å². The third-order valence-electron chi connectivity index (χ3n) is 3.00. The first-order valence-corrected chi connectivity index (χ1v) is 5.82. The average molecular weight is 225 g/mol. The van der Waals surface area contributed by atoms with E-state index in [0.717, 1.165) is 31.8 Å². The standard InChI is InChI=1S/C10H19N5O/c1-3-11-7-9-12-13-14-15(9)10(2)5-4-6-16-8-10/h11H,3-8H2,1-2H3. The molecule has 6 heteroatoms. The SMILES string of the molecule is CCNCc1nnnn1C1(C)CCCOC1. The third kappa shape index (κ3) is 2.22. The molecule has 90 valence electrons. The summed E-state index contributed by atoms with van der Waals surface area (Å²) in [5.41, 5.74) is -0.0908. The van der Waals surface area contributed by atoms with Crippen molar-refractivity contribution in [2.75, 3.05) is 19.8 Å². The Kier molecular flexibility index (Phi) is 3.50. The zero-order chi connectivity index (χ0) is 11.4. The maximum Gasteiger partial charge on any atom is 0.165 e. The van der Waals surface area contributed by atoms with Crippen LogP contribution in [0.15, 0.2) is 0 Å². The van der Waals surface area contributed by atoms with E-state index in [2.05, 4.69) is 34.7 Å². The topological polar surface area (TPSA) is 64.9 Å². The summed E-state index contributed by atoms with van der Waals surface area (Å²) in [6.07, 6.45) is 2.13. The van der Waals surface area contributed by atoms with Crippen molar-refractivity contribution in [1.29, 1.82) is 0 Å². The molecule has 2 heterocycles. The molecule has 0 aromatic carbocycles. The van der Waals surface area contributed by atoms with E-state index < -0.39 is 0 Å². The molecule has 0 amide bonds. The van der Waals surface area contributed by atoms with Crippen LogP contribution in [0.25, 0.3) is 0 Å². The van der Waals surface area contributed by atoms with E-state index in [4.69, 9.17) is 4.74 Å². The lowest BCUT2D eigenvalue weighted by Gasteiger charge is -2.33. The molecule has 16 heavy (non-hydrogen) atoms. The van der Waals surface area contributed by atoms with Gasteiger partial charge in [0.15, 0.2) is 5.82 Å². The molecule has 1 unspecified atom stereocenters. The Morgan fingerprint density at radius 3 is 3.12 bits per heavy atom. The predicted molar refractivity (Wildman–Crippen MR) is 58.9 cm³/mol. The van der Waals surface area contributed by atoms with Crippen molar-refractivity contribution in [3.63, 3.8) is 0 Å². The van der Waals surface area contributed by atoms with Gasteiger partial charge < -0.3 is 10.1 Å². The van der Waals surface area contributed by atoms with Crippen LogP contribution in [-0.2, 0) is 16.8 Å². The predicted octanol–water partition coefficient (Wildman–Crippen LogP) is 0.308. The molecule has 2 rings (SSSR count). The number of tetrazole rings is 1. The fourth-order valence-corrected chi connectivity index (χ4v) is 2.06. The number of nitrogens with zero attached hydrogens (tertiary/aromatic N) is 4. The van der Waals surface area contributed by atoms with Crippen LogP contribution >= 0.6 is 0 Å². The third-order valence-corrected chi connectivity index (χ3v) is 3.00. The summed E-state index contributed by atoms with van der Waals surface area (Å²) >= 11 is 0. The highest BCUT2D eigenvalue weighted by Crippen LogP contribution is 2.26. The van der Waals surface area contributed by atoms with Crippen molar-refractivity contribution in [2.45, 2.75) is 38.8 Å². The van der Waals surface area contributed by atoms with Gasteiger partial charge in [0, 0.05) is 6.61 Å². The molecule has 0 saturated carbocycles. The van der Waals surface area contributed by atoms with Crippen LogP contribution in [0, 0.1) is 0 Å². The number of aromatic nitrogens is 4. The summed E-state index contributed by atoms with van der Waals surface area (Å²) in [4.78, 5) is 0. The van der Waals surface area contributed by atoms with Crippen LogP contribution in [0.5, 0.6) is 0 Å². The quantitative estimate of drug-likeness (QED) is 0.799. The maximum absolute atomic E-state index is 5.53. The molecule has 1 atom stereocenters. The molecule has 6 nitrogen and oxygen atoms in total. The van der Waals surface area contributed by atoms with Gasteiger partial charge in [-0.2, -0.15) is 0 Å². The zero-order valence-corrected chi connectivity index (χ0v) is 9.94. The first-order chi connectivity index (χ1) is 7.76. The van der Waals surface area contributed by atoms with Gasteiger partial charge in [0.1, 0.15) is 0 Å². The maximum atomic E-state index is 5.53. The molecule has 1 aliphatic heterocycles. The van der Waals surface area contributed by atoms with E-state index in [-0.39, 0.29) is 5.54 Å². The Hall–Kier alpha value is -1.01. The van der Waals surface area contributed by atoms with E-state index in [1.165, 1.54) is 0 Å². The van der Waals surface area contributed by atoms with Gasteiger partial charge in [0.25, 0.3) is 0 Å². The molecule has 1 saturated heterocycles. The second-order valence-corrected chi connectivity index (χ2v) is 4.44. The van der Waals surface area contributed by atoms with Gasteiger partial charge in [-0.3, -0.25) is 0 Å². The highest BCUT2D eigenvalue weighted by atomic mass is 16.5. The molecular weight excluding hydrogens is 206 g/mol. The van der Waals surface area contributed by atoms with Crippen molar-refractivity contribution >= 4 is 0 Å². The summed E-state index contributed by atoms with van der Waals surface area (Å²) in [6, 6.07) is 0. The number of rotatable bonds is 4. The van der Waals surface area contributed by atoms with Crippen LogP contribution in [0.2, 0.25) is 0 Å². The van der Waals surface area contributed by atoms with Crippen molar-refractivity contribution in [3.8, 4) is 0 Å². The monoisotopic (exact) mass is 225 g/mol. The molecule has 1 aromatic rings. The molecule has 0 radical (unpaired) electrons. The normalized spacial score (nSPS) is 25.9. The van der Waals surface area contributed by atoms with Gasteiger partial charge in [-0.15, -0.1) is 5.10 Å². The summed E-state index contributed by atoms with van der Waals surface area (Å²) in [7, 11) is 0. The second kappa shape index (κ2) is 4.88. The van der Waals surface area contributed by atoms with Gasteiger partial charge in [0.2, 0.25) is 0 Å². The highest BCUT2D eigenvalue weighted by Gasteiger charge is 2.32. The number of hydrogen-bond acceptors (Lipinski definition) is 5. The lowest BCUT2D eigenvalue weighted by Crippen LogP contribution is -2.41. The second-order valence-electron chi connectivity index (χ2n) is 4.44. The van der Waals surface area contributed by atoms with Crippen molar-refractivity contribution in [1.82, 2.24) is 25.5 Å². The Labute approximate surface area is 95.4 Å². The fourth-order valence-electron chi connectivity index (χ4n) is 2.06. The number of ether oxygens (including phenoxy) is 1. The average Bonchev–Trinajstić information content (AvgIpc) is 2.76. The van der Waals surface area contributed by atoms with Gasteiger partial charge in [-0.25, -0.2) is 4.68 Å². The Bertz CT molecular complexity index is 332. The van der Waals surface area contributed by atoms with Gasteiger partial charge >= 0.3 is 0 Å². The highest BCUT2D eigenvalue weighted by molar-refractivity contribution is 4.91. The Balaban J connectivity index is 2.15. The van der Waals surface area contributed by atoms with Crippen molar-refractivity contribution in [2.24, 2.45) is 0 Å². The van der Waals surface area contributed by atoms with Gasteiger partial charge in [-0.05, 0) is 36.7 Å². The molecule has 1 aliphatic rings. The van der Waals surface area contributed by atoms with Crippen LogP contribution in [0.3, 0.4) is 0 Å². The van der Waals surface area contributed by atoms with E-state index in [9.17, 15) is 0 Å². The molecule has 1 fully saturated rings. The molecule has 0 spiro atoms. The molecule has 1 aromatic heterocycles. The zero-order valence-electron chi connectivity index (χ0n) is 9.94. The Morgan fingerprint density at radius 1 is 1.56 bits per heavy atom. The van der Waals surface area contributed by atoms with E-state index in [1.807, 2.05) is 4.68 Å². The summed E-state index contributed by atoms with van der Waals surface area (Å²) in [6.45, 7) is 7.38. The molecule has 1 N–H and O–H groups in total. The minimum absolute atomic E-state index is 0.0908. The molecule has 0 aliphatic carbocycles. The van der Waals surface area contributed by atoms with Gasteiger partial charge in [-0.1, -0.05) is 6.92 Å². The van der Waals surface area contributed by atoms with Crippen LogP contribution < -0.4 is 5.32 Å². The van der Waals surface area contributed by atoms with Gasteiger partial charge in [0.05, 0.1) is 18.7 Å². The smallest absolute Gasteiger partial charge is 0.165 e. The molecule has 0 bridgehead atoms. The lowest BCUT2D eigenvalue weighted by molar-refractivity contribution is 0.00102. The Morgan fingerprint density at radius 2 is 2.44 bits per heavy atom. The minimum atomic E-state index is -0.0908. The summed E-state index contributed by atoms with van der Waals surface area (Å²) < 4.78 is 7.44. The summed E-state index contributed by atoms with van der Waals surface area (Å²) in [5, 5.41) is 15.2. The molecular formula is C10H19N5O.